The third kappa shape index (κ3) is 6.84. The van der Waals surface area contributed by atoms with Crippen molar-refractivity contribution in [2.45, 2.75) is 37.8 Å². The molecule has 5 aromatic rings. The van der Waals surface area contributed by atoms with Crippen molar-refractivity contribution in [3.8, 4) is 17.1 Å². The maximum absolute atomic E-state index is 10.7. The first-order valence-electron chi connectivity index (χ1n) is 13.6. The minimum Gasteiger partial charge on any atom is -0.491 e. The zero-order chi connectivity index (χ0) is 27.8. The van der Waals surface area contributed by atoms with Crippen LogP contribution in [0.3, 0.4) is 0 Å². The molecule has 0 aliphatic rings. The Balaban J connectivity index is 1.20. The van der Waals surface area contributed by atoms with Crippen molar-refractivity contribution in [1.29, 1.82) is 0 Å². The number of aromatic nitrogens is 2. The van der Waals surface area contributed by atoms with Gasteiger partial charge in [0.15, 0.2) is 0 Å². The zero-order valence-corrected chi connectivity index (χ0v) is 22.9. The lowest BCUT2D eigenvalue weighted by Gasteiger charge is -2.26. The molecule has 5 rings (SSSR count). The number of aliphatic hydroxyl groups excluding tert-OH is 1. The number of nitrogens with one attached hydrogen (secondary N) is 1. The molecule has 0 aliphatic carbocycles. The van der Waals surface area contributed by atoms with Gasteiger partial charge in [0.25, 0.3) is 0 Å². The molecule has 0 amide bonds. The summed E-state index contributed by atoms with van der Waals surface area (Å²) in [5.41, 5.74) is 4.36. The highest BCUT2D eigenvalue weighted by Gasteiger charge is 2.23. The van der Waals surface area contributed by atoms with E-state index < -0.39 is 6.10 Å². The van der Waals surface area contributed by atoms with Gasteiger partial charge >= 0.3 is 0 Å². The lowest BCUT2D eigenvalue weighted by molar-refractivity contribution is 0.102. The monoisotopic (exact) mass is 533 g/mol. The van der Waals surface area contributed by atoms with Gasteiger partial charge in [-0.1, -0.05) is 122 Å². The molecule has 0 saturated carbocycles. The van der Waals surface area contributed by atoms with E-state index in [1.165, 1.54) is 11.1 Å². The third-order valence-electron chi connectivity index (χ3n) is 7.17. The average molecular weight is 534 g/mol. The fourth-order valence-corrected chi connectivity index (χ4v) is 4.70. The molecule has 40 heavy (non-hydrogen) atoms. The van der Waals surface area contributed by atoms with Gasteiger partial charge in [-0.05, 0) is 35.2 Å². The minimum absolute atomic E-state index is 0.119. The quantitative estimate of drug-likeness (QED) is 0.194. The van der Waals surface area contributed by atoms with E-state index in [9.17, 15) is 5.11 Å². The second kappa shape index (κ2) is 12.7. The van der Waals surface area contributed by atoms with E-state index in [4.69, 9.17) is 9.26 Å². The van der Waals surface area contributed by atoms with Gasteiger partial charge in [0.1, 0.15) is 18.5 Å². The van der Waals surface area contributed by atoms with Crippen molar-refractivity contribution in [2.24, 2.45) is 0 Å². The van der Waals surface area contributed by atoms with Gasteiger partial charge in [-0.15, -0.1) is 0 Å². The van der Waals surface area contributed by atoms with Crippen LogP contribution in [0, 0.1) is 0 Å². The molecule has 0 radical (unpaired) electrons. The summed E-state index contributed by atoms with van der Waals surface area (Å²) < 4.78 is 11.6. The van der Waals surface area contributed by atoms with E-state index in [0.717, 1.165) is 16.9 Å². The smallest absolute Gasteiger partial charge is 0.244 e. The van der Waals surface area contributed by atoms with E-state index in [1.54, 1.807) is 0 Å². The van der Waals surface area contributed by atoms with Gasteiger partial charge in [0, 0.05) is 17.5 Å². The summed E-state index contributed by atoms with van der Waals surface area (Å²) in [7, 11) is 0. The summed E-state index contributed by atoms with van der Waals surface area (Å²) in [6, 6.07) is 38.1. The SMILES string of the molecule is CC(C)(c1ccccc1)c1ccc(OC[C@H](O)CN[C@@H](Cc2ccccc2)c2nc(-c3ccccc3)no2)cc1. The molecule has 2 N–H and O–H groups in total. The van der Waals surface area contributed by atoms with Crippen LogP contribution in [0.2, 0.25) is 0 Å². The Kier molecular flexibility index (Phi) is 8.69. The molecule has 2 atom stereocenters. The molecule has 6 heteroatoms. The first kappa shape index (κ1) is 27.3. The Hall–Kier alpha value is -4.26. The molecular weight excluding hydrogens is 498 g/mol. The van der Waals surface area contributed by atoms with E-state index in [-0.39, 0.29) is 18.1 Å². The highest BCUT2D eigenvalue weighted by atomic mass is 16.5. The van der Waals surface area contributed by atoms with Crippen LogP contribution in [0.1, 0.15) is 42.5 Å². The number of hydrogen-bond acceptors (Lipinski definition) is 6. The Bertz CT molecular complexity index is 1450. The highest BCUT2D eigenvalue weighted by molar-refractivity contribution is 5.53. The van der Waals surface area contributed by atoms with Gasteiger partial charge < -0.3 is 19.7 Å². The lowest BCUT2D eigenvalue weighted by atomic mass is 9.78. The first-order chi connectivity index (χ1) is 19.5. The normalized spacial score (nSPS) is 13.1. The lowest BCUT2D eigenvalue weighted by Crippen LogP contribution is -2.35. The molecule has 204 valence electrons. The van der Waals surface area contributed by atoms with Gasteiger partial charge in [-0.3, -0.25) is 0 Å². The molecule has 0 fully saturated rings. The second-order valence-corrected chi connectivity index (χ2v) is 10.5. The number of nitrogens with zero attached hydrogens (tertiary/aromatic N) is 2. The van der Waals surface area contributed by atoms with Gasteiger partial charge in [0.2, 0.25) is 11.7 Å². The third-order valence-corrected chi connectivity index (χ3v) is 7.17. The predicted molar refractivity (Wildman–Crippen MR) is 157 cm³/mol. The molecular formula is C34H35N3O3. The van der Waals surface area contributed by atoms with Gasteiger partial charge in [-0.2, -0.15) is 4.98 Å². The number of hydrogen-bond donors (Lipinski definition) is 2. The predicted octanol–water partition coefficient (Wildman–Crippen LogP) is 6.38. The fraction of sp³-hybridized carbons (Fsp3) is 0.235. The van der Waals surface area contributed by atoms with E-state index in [0.29, 0.717) is 24.7 Å². The molecule has 1 aromatic heterocycles. The highest BCUT2D eigenvalue weighted by Crippen LogP contribution is 2.32. The molecule has 0 bridgehead atoms. The van der Waals surface area contributed by atoms with Crippen LogP contribution < -0.4 is 10.1 Å². The topological polar surface area (TPSA) is 80.4 Å². The Morgan fingerprint density at radius 3 is 2.08 bits per heavy atom. The fourth-order valence-electron chi connectivity index (χ4n) is 4.70. The zero-order valence-electron chi connectivity index (χ0n) is 22.9. The summed E-state index contributed by atoms with van der Waals surface area (Å²) in [5, 5.41) is 18.3. The minimum atomic E-state index is -0.727. The van der Waals surface area contributed by atoms with Crippen LogP contribution in [0.15, 0.2) is 120 Å². The molecule has 4 aromatic carbocycles. The van der Waals surface area contributed by atoms with E-state index in [2.05, 4.69) is 77.8 Å². The van der Waals surface area contributed by atoms with Crippen LogP contribution in [0.4, 0.5) is 0 Å². The summed E-state index contributed by atoms with van der Waals surface area (Å²) in [6.07, 6.45) is -0.0843. The van der Waals surface area contributed by atoms with Crippen LogP contribution in [0.5, 0.6) is 5.75 Å². The first-order valence-corrected chi connectivity index (χ1v) is 13.6. The maximum Gasteiger partial charge on any atom is 0.244 e. The Labute approximate surface area is 235 Å². The van der Waals surface area contributed by atoms with E-state index >= 15 is 0 Å². The van der Waals surface area contributed by atoms with Crippen molar-refractivity contribution in [3.05, 3.63) is 138 Å². The second-order valence-electron chi connectivity index (χ2n) is 10.5. The number of aliphatic hydroxyl groups is 1. The van der Waals surface area contributed by atoms with E-state index in [1.807, 2.05) is 66.7 Å². The molecule has 6 nitrogen and oxygen atoms in total. The largest absolute Gasteiger partial charge is 0.491 e. The summed E-state index contributed by atoms with van der Waals surface area (Å²) >= 11 is 0. The van der Waals surface area contributed by atoms with Crippen molar-refractivity contribution < 1.29 is 14.4 Å². The number of ether oxygens (including phenoxy) is 1. The Morgan fingerprint density at radius 2 is 1.40 bits per heavy atom. The van der Waals surface area contributed by atoms with Gasteiger partial charge in [-0.25, -0.2) is 0 Å². The average Bonchev–Trinajstić information content (AvgIpc) is 3.50. The van der Waals surface area contributed by atoms with Crippen molar-refractivity contribution in [2.75, 3.05) is 13.2 Å². The van der Waals surface area contributed by atoms with Crippen LogP contribution in [-0.4, -0.2) is 34.5 Å². The standard InChI is InChI=1S/C34H35N3O3/c1-34(2,27-16-10-5-11-17-27)28-18-20-30(21-19-28)39-24-29(38)23-35-31(22-25-12-6-3-7-13-25)33-36-32(37-40-33)26-14-8-4-9-15-26/h3-21,29,31,35,38H,22-24H2,1-2H3/t29-,31+/m1/s1. The van der Waals surface area contributed by atoms with Crippen molar-refractivity contribution in [1.82, 2.24) is 15.5 Å². The van der Waals surface area contributed by atoms with Crippen molar-refractivity contribution in [3.63, 3.8) is 0 Å². The summed E-state index contributed by atoms with van der Waals surface area (Å²) in [4.78, 5) is 4.65. The maximum atomic E-state index is 10.7. The Morgan fingerprint density at radius 1 is 0.800 bits per heavy atom. The van der Waals surface area contributed by atoms with Crippen LogP contribution in [-0.2, 0) is 11.8 Å². The van der Waals surface area contributed by atoms with Gasteiger partial charge in [0.05, 0.1) is 6.04 Å². The van der Waals surface area contributed by atoms with Crippen LogP contribution >= 0.6 is 0 Å². The molecule has 0 unspecified atom stereocenters. The molecule has 1 heterocycles. The summed E-state index contributed by atoms with van der Waals surface area (Å²) in [5.74, 6) is 1.74. The van der Waals surface area contributed by atoms with Crippen LogP contribution in [0.25, 0.3) is 11.4 Å². The summed E-state index contributed by atoms with van der Waals surface area (Å²) in [6.45, 7) is 4.89. The molecule has 0 spiro atoms. The number of rotatable bonds is 12. The molecule has 0 saturated heterocycles. The number of benzene rings is 4. The van der Waals surface area contributed by atoms with Crippen molar-refractivity contribution >= 4 is 0 Å². The molecule has 0 aliphatic heterocycles.